The van der Waals surface area contributed by atoms with Crippen LogP contribution >= 0.6 is 0 Å². The molecular weight excluding hydrogens is 300 g/mol. The van der Waals surface area contributed by atoms with E-state index in [1.165, 1.54) is 38.0 Å². The van der Waals surface area contributed by atoms with Crippen LogP contribution in [0.2, 0.25) is 0 Å². The van der Waals surface area contributed by atoms with E-state index >= 15 is 0 Å². The van der Waals surface area contributed by atoms with Crippen molar-refractivity contribution in [1.29, 1.82) is 0 Å². The lowest BCUT2D eigenvalue weighted by Gasteiger charge is -2.37. The molecule has 0 bridgehead atoms. The number of carbonyl (C=O) groups excluding carboxylic acids is 1. The Bertz CT molecular complexity index is 550. The van der Waals surface area contributed by atoms with Crippen molar-refractivity contribution in [3.63, 3.8) is 0 Å². The first-order valence-electron chi connectivity index (χ1n) is 9.20. The van der Waals surface area contributed by atoms with Crippen molar-refractivity contribution in [3.8, 4) is 0 Å². The first-order valence-corrected chi connectivity index (χ1v) is 9.20. The maximum atomic E-state index is 12.1. The molecule has 2 aliphatic heterocycles. The highest BCUT2D eigenvalue weighted by Gasteiger charge is 2.25. The van der Waals surface area contributed by atoms with Crippen molar-refractivity contribution in [2.75, 3.05) is 31.1 Å². The Hall–Kier alpha value is -1.55. The van der Waals surface area contributed by atoms with E-state index in [-0.39, 0.29) is 5.97 Å². The van der Waals surface area contributed by atoms with Crippen LogP contribution in [0, 0.1) is 11.8 Å². The number of carbonyl (C=O) groups is 1. The van der Waals surface area contributed by atoms with Gasteiger partial charge in [-0.3, -0.25) is 0 Å². The van der Waals surface area contributed by atoms with Gasteiger partial charge in [-0.05, 0) is 89.2 Å². The van der Waals surface area contributed by atoms with Gasteiger partial charge in [-0.25, -0.2) is 4.79 Å². The third-order valence-corrected chi connectivity index (χ3v) is 5.01. The quantitative estimate of drug-likeness (QED) is 0.859. The lowest BCUT2D eigenvalue weighted by molar-refractivity contribution is 0.00696. The fraction of sp³-hybridized carbons (Fsp3) is 0.650. The molecule has 2 aliphatic rings. The molecule has 0 spiro atoms. The number of hydrogen-bond acceptors (Lipinski definition) is 4. The van der Waals surface area contributed by atoms with Gasteiger partial charge in [0.2, 0.25) is 0 Å². The molecule has 0 aliphatic carbocycles. The molecule has 2 saturated heterocycles. The average Bonchev–Trinajstić information content (AvgIpc) is 2.50. The average molecular weight is 330 g/mol. The lowest BCUT2D eigenvalue weighted by atomic mass is 9.84. The van der Waals surface area contributed by atoms with Gasteiger partial charge in [-0.1, -0.05) is 0 Å². The summed E-state index contributed by atoms with van der Waals surface area (Å²) in [4.78, 5) is 14.5. The zero-order valence-electron chi connectivity index (χ0n) is 15.2. The smallest absolute Gasteiger partial charge is 0.338 e. The summed E-state index contributed by atoms with van der Waals surface area (Å²) in [6.45, 7) is 10.3. The van der Waals surface area contributed by atoms with Crippen LogP contribution in [0.3, 0.4) is 0 Å². The van der Waals surface area contributed by atoms with E-state index in [4.69, 9.17) is 4.74 Å². The second-order valence-electron chi connectivity index (χ2n) is 8.24. The topological polar surface area (TPSA) is 41.6 Å². The van der Waals surface area contributed by atoms with Crippen molar-refractivity contribution >= 4 is 11.7 Å². The number of anilines is 1. The third-order valence-electron chi connectivity index (χ3n) is 5.01. The highest BCUT2D eigenvalue weighted by atomic mass is 16.6. The number of benzene rings is 1. The Balaban J connectivity index is 1.51. The molecule has 4 nitrogen and oxygen atoms in total. The molecule has 4 heteroatoms. The van der Waals surface area contributed by atoms with Crippen molar-refractivity contribution in [3.05, 3.63) is 29.8 Å². The van der Waals surface area contributed by atoms with Gasteiger partial charge in [0.25, 0.3) is 0 Å². The molecule has 132 valence electrons. The van der Waals surface area contributed by atoms with Gasteiger partial charge < -0.3 is 15.0 Å². The molecule has 0 unspecified atom stereocenters. The molecule has 1 aromatic rings. The van der Waals surface area contributed by atoms with Crippen LogP contribution in [0.25, 0.3) is 0 Å². The van der Waals surface area contributed by atoms with Gasteiger partial charge in [-0.15, -0.1) is 0 Å². The van der Waals surface area contributed by atoms with Crippen molar-refractivity contribution in [2.24, 2.45) is 11.8 Å². The minimum Gasteiger partial charge on any atom is -0.456 e. The summed E-state index contributed by atoms with van der Waals surface area (Å²) in [5, 5.41) is 3.37. The van der Waals surface area contributed by atoms with Gasteiger partial charge in [0.1, 0.15) is 5.60 Å². The van der Waals surface area contributed by atoms with Gasteiger partial charge in [-0.2, -0.15) is 0 Å². The van der Waals surface area contributed by atoms with E-state index in [1.54, 1.807) is 0 Å². The van der Waals surface area contributed by atoms with Crippen LogP contribution in [-0.4, -0.2) is 37.7 Å². The highest BCUT2D eigenvalue weighted by molar-refractivity contribution is 5.90. The molecule has 1 N–H and O–H groups in total. The van der Waals surface area contributed by atoms with Crippen molar-refractivity contribution < 1.29 is 9.53 Å². The maximum Gasteiger partial charge on any atom is 0.338 e. The molecule has 0 saturated carbocycles. The van der Waals surface area contributed by atoms with E-state index in [2.05, 4.69) is 22.3 Å². The minimum atomic E-state index is -0.451. The van der Waals surface area contributed by atoms with E-state index < -0.39 is 5.60 Å². The largest absolute Gasteiger partial charge is 0.456 e. The van der Waals surface area contributed by atoms with E-state index in [9.17, 15) is 4.79 Å². The Morgan fingerprint density at radius 1 is 1.12 bits per heavy atom. The Morgan fingerprint density at radius 3 is 2.25 bits per heavy atom. The molecule has 2 heterocycles. The fourth-order valence-electron chi connectivity index (χ4n) is 3.56. The van der Waals surface area contributed by atoms with Crippen molar-refractivity contribution in [1.82, 2.24) is 5.32 Å². The molecule has 1 aromatic carbocycles. The number of hydrogen-bond donors (Lipinski definition) is 1. The monoisotopic (exact) mass is 330 g/mol. The van der Waals surface area contributed by atoms with Gasteiger partial charge in [0, 0.05) is 18.8 Å². The number of rotatable bonds is 4. The molecule has 3 rings (SSSR count). The predicted octanol–water partition coefficient (Wildman–Crippen LogP) is 3.47. The van der Waals surface area contributed by atoms with Crippen LogP contribution in [0.15, 0.2) is 24.3 Å². The number of esters is 1. The summed E-state index contributed by atoms with van der Waals surface area (Å²) in [5.74, 6) is 1.55. The van der Waals surface area contributed by atoms with Crippen LogP contribution in [-0.2, 0) is 4.74 Å². The van der Waals surface area contributed by atoms with Crippen LogP contribution in [0.4, 0.5) is 5.69 Å². The van der Waals surface area contributed by atoms with Crippen LogP contribution < -0.4 is 10.2 Å². The standard InChI is InChI=1S/C20H30N2O2/c1-20(2,3)24-19(23)17-4-6-18(7-5-17)22-10-8-15(9-11-22)12-16-13-21-14-16/h4-7,15-16,21H,8-14H2,1-3H3. The number of piperidine rings is 1. The number of nitrogens with zero attached hydrogens (tertiary/aromatic N) is 1. The molecule has 0 radical (unpaired) electrons. The third kappa shape index (κ3) is 4.50. The second kappa shape index (κ2) is 7.14. The summed E-state index contributed by atoms with van der Waals surface area (Å²) >= 11 is 0. The predicted molar refractivity (Wildman–Crippen MR) is 97.5 cm³/mol. The summed E-state index contributed by atoms with van der Waals surface area (Å²) in [7, 11) is 0. The lowest BCUT2D eigenvalue weighted by Crippen LogP contribution is -2.44. The van der Waals surface area contributed by atoms with E-state index in [0.717, 1.165) is 24.9 Å². The summed E-state index contributed by atoms with van der Waals surface area (Å²) in [6, 6.07) is 7.87. The Kier molecular flexibility index (Phi) is 5.14. The molecule has 24 heavy (non-hydrogen) atoms. The van der Waals surface area contributed by atoms with Gasteiger partial charge >= 0.3 is 5.97 Å². The zero-order valence-corrected chi connectivity index (χ0v) is 15.2. The highest BCUT2D eigenvalue weighted by Crippen LogP contribution is 2.29. The molecule has 0 amide bonds. The minimum absolute atomic E-state index is 0.248. The fourth-order valence-corrected chi connectivity index (χ4v) is 3.56. The molecule has 0 atom stereocenters. The Morgan fingerprint density at radius 2 is 1.75 bits per heavy atom. The van der Waals surface area contributed by atoms with Gasteiger partial charge in [0.05, 0.1) is 5.56 Å². The number of nitrogens with one attached hydrogen (secondary N) is 1. The van der Waals surface area contributed by atoms with E-state index in [0.29, 0.717) is 5.56 Å². The zero-order chi connectivity index (χ0) is 17.2. The van der Waals surface area contributed by atoms with Crippen LogP contribution in [0.1, 0.15) is 50.4 Å². The summed E-state index contributed by atoms with van der Waals surface area (Å²) in [5.41, 5.74) is 1.39. The normalized spacial score (nSPS) is 19.9. The molecule has 2 fully saturated rings. The summed E-state index contributed by atoms with van der Waals surface area (Å²) in [6.07, 6.45) is 3.95. The van der Waals surface area contributed by atoms with Crippen molar-refractivity contribution in [2.45, 2.75) is 45.6 Å². The first-order chi connectivity index (χ1) is 11.4. The molecule has 0 aromatic heterocycles. The van der Waals surface area contributed by atoms with Crippen LogP contribution in [0.5, 0.6) is 0 Å². The summed E-state index contributed by atoms with van der Waals surface area (Å²) < 4.78 is 5.42. The van der Waals surface area contributed by atoms with E-state index in [1.807, 2.05) is 32.9 Å². The first kappa shape index (κ1) is 17.3. The Labute approximate surface area is 145 Å². The van der Waals surface area contributed by atoms with Gasteiger partial charge in [0.15, 0.2) is 0 Å². The maximum absolute atomic E-state index is 12.1. The SMILES string of the molecule is CC(C)(C)OC(=O)c1ccc(N2CCC(CC3CNC3)CC2)cc1. The second-order valence-corrected chi connectivity index (χ2v) is 8.24. The molecular formula is C20H30N2O2. The number of ether oxygens (including phenoxy) is 1.